The fourth-order valence-electron chi connectivity index (χ4n) is 3.72. The Hall–Kier alpha value is -4.13. The van der Waals surface area contributed by atoms with Gasteiger partial charge in [-0.1, -0.05) is 18.2 Å². The molecule has 1 aliphatic heterocycles. The van der Waals surface area contributed by atoms with Crippen molar-refractivity contribution in [1.29, 1.82) is 0 Å². The lowest BCUT2D eigenvalue weighted by molar-refractivity contribution is 0.0746. The van der Waals surface area contributed by atoms with Crippen molar-refractivity contribution >= 4 is 11.7 Å². The summed E-state index contributed by atoms with van der Waals surface area (Å²) in [4.78, 5) is 17.0. The summed E-state index contributed by atoms with van der Waals surface area (Å²) in [6, 6.07) is 24.7. The number of rotatable bonds is 5. The van der Waals surface area contributed by atoms with Gasteiger partial charge in [0.15, 0.2) is 11.6 Å². The van der Waals surface area contributed by atoms with Crippen molar-refractivity contribution in [3.05, 3.63) is 96.8 Å². The molecule has 0 spiro atoms. The van der Waals surface area contributed by atoms with Crippen LogP contribution in [0.1, 0.15) is 10.4 Å². The molecule has 0 aliphatic carbocycles. The highest BCUT2D eigenvalue weighted by atomic mass is 16.5. The van der Waals surface area contributed by atoms with Gasteiger partial charge in [0, 0.05) is 44.1 Å². The monoisotopic (exact) mass is 425 g/mol. The molecule has 1 saturated heterocycles. The molecule has 0 atom stereocenters. The molecule has 1 aliphatic rings. The summed E-state index contributed by atoms with van der Waals surface area (Å²) in [5, 5.41) is 8.68. The van der Waals surface area contributed by atoms with E-state index in [4.69, 9.17) is 4.74 Å². The zero-order chi connectivity index (χ0) is 21.8. The first-order valence-electron chi connectivity index (χ1n) is 10.6. The quantitative estimate of drug-likeness (QED) is 0.483. The third-order valence-electron chi connectivity index (χ3n) is 5.48. The van der Waals surface area contributed by atoms with Crippen LogP contribution in [0.2, 0.25) is 0 Å². The van der Waals surface area contributed by atoms with Crippen LogP contribution in [0.4, 0.5) is 5.82 Å². The summed E-state index contributed by atoms with van der Waals surface area (Å²) in [6.45, 7) is 2.72. The molecule has 2 aromatic carbocycles. The molecule has 32 heavy (non-hydrogen) atoms. The van der Waals surface area contributed by atoms with E-state index in [1.54, 1.807) is 0 Å². The molecule has 0 N–H and O–H groups in total. The third-order valence-corrected chi connectivity index (χ3v) is 5.48. The standard InChI is InChI=1S/C25H23N5O2/c31-25(20-8-10-22(11-9-20)32-21-6-2-1-3-7-21)30-18-16-29(17-19-30)24-13-12-23(26-27-24)28-14-4-5-15-28/h1-15H,16-19H2. The second-order valence-electron chi connectivity index (χ2n) is 7.56. The molecular weight excluding hydrogens is 402 g/mol. The van der Waals surface area contributed by atoms with Gasteiger partial charge in [0.1, 0.15) is 11.5 Å². The molecule has 7 heteroatoms. The van der Waals surface area contributed by atoms with Crippen LogP contribution < -0.4 is 9.64 Å². The SMILES string of the molecule is O=C(c1ccc(Oc2ccccc2)cc1)N1CCN(c2ccc(-n3cccc3)nn2)CC1. The van der Waals surface area contributed by atoms with Gasteiger partial charge in [0.05, 0.1) is 0 Å². The fraction of sp³-hybridized carbons (Fsp3) is 0.160. The molecular formula is C25H23N5O2. The molecule has 3 heterocycles. The number of ether oxygens (including phenoxy) is 1. The minimum atomic E-state index is 0.0324. The lowest BCUT2D eigenvalue weighted by Crippen LogP contribution is -2.49. The number of nitrogens with zero attached hydrogens (tertiary/aromatic N) is 5. The van der Waals surface area contributed by atoms with Crippen molar-refractivity contribution in [2.24, 2.45) is 0 Å². The molecule has 1 fully saturated rings. The van der Waals surface area contributed by atoms with Crippen LogP contribution in [0.5, 0.6) is 11.5 Å². The lowest BCUT2D eigenvalue weighted by atomic mass is 10.1. The van der Waals surface area contributed by atoms with E-state index in [0.29, 0.717) is 24.4 Å². The molecule has 160 valence electrons. The fourth-order valence-corrected chi connectivity index (χ4v) is 3.72. The topological polar surface area (TPSA) is 63.5 Å². The van der Waals surface area contributed by atoms with Crippen LogP contribution in [0.3, 0.4) is 0 Å². The summed E-state index contributed by atoms with van der Waals surface area (Å²) in [7, 11) is 0. The van der Waals surface area contributed by atoms with Gasteiger partial charge < -0.3 is 19.1 Å². The van der Waals surface area contributed by atoms with Crippen molar-refractivity contribution in [2.75, 3.05) is 31.1 Å². The Bertz CT molecular complexity index is 1150. The van der Waals surface area contributed by atoms with Crippen LogP contribution in [0, 0.1) is 0 Å². The van der Waals surface area contributed by atoms with Gasteiger partial charge in [-0.15, -0.1) is 10.2 Å². The average Bonchev–Trinajstić information content (AvgIpc) is 3.40. The summed E-state index contributed by atoms with van der Waals surface area (Å²) >= 11 is 0. The first kappa shape index (κ1) is 19.8. The number of benzene rings is 2. The summed E-state index contributed by atoms with van der Waals surface area (Å²) in [5.74, 6) is 3.12. The molecule has 0 bridgehead atoms. The molecule has 0 unspecified atom stereocenters. The van der Waals surface area contributed by atoms with E-state index in [1.807, 2.05) is 101 Å². The number of piperazine rings is 1. The second-order valence-corrected chi connectivity index (χ2v) is 7.56. The van der Waals surface area contributed by atoms with E-state index in [0.717, 1.165) is 30.5 Å². The van der Waals surface area contributed by atoms with E-state index in [1.165, 1.54) is 0 Å². The van der Waals surface area contributed by atoms with Gasteiger partial charge in [0.25, 0.3) is 5.91 Å². The van der Waals surface area contributed by atoms with Gasteiger partial charge in [-0.3, -0.25) is 4.79 Å². The number of hydrogen-bond donors (Lipinski definition) is 0. The maximum Gasteiger partial charge on any atom is 0.253 e. The van der Waals surface area contributed by atoms with Crippen LogP contribution in [-0.4, -0.2) is 51.8 Å². The van der Waals surface area contributed by atoms with Gasteiger partial charge in [-0.25, -0.2) is 0 Å². The normalized spacial score (nSPS) is 13.8. The van der Waals surface area contributed by atoms with Gasteiger partial charge in [-0.2, -0.15) is 0 Å². The number of anilines is 1. The molecule has 4 aromatic rings. The minimum absolute atomic E-state index is 0.0324. The number of para-hydroxylation sites is 1. The summed E-state index contributed by atoms with van der Waals surface area (Å²) in [6.07, 6.45) is 3.88. The maximum absolute atomic E-state index is 12.9. The van der Waals surface area contributed by atoms with Crippen LogP contribution in [0.25, 0.3) is 5.82 Å². The average molecular weight is 425 g/mol. The van der Waals surface area contributed by atoms with E-state index in [9.17, 15) is 4.79 Å². The van der Waals surface area contributed by atoms with Crippen molar-refractivity contribution in [3.63, 3.8) is 0 Å². The predicted molar refractivity (Wildman–Crippen MR) is 122 cm³/mol. The third kappa shape index (κ3) is 4.32. The van der Waals surface area contributed by atoms with Crippen molar-refractivity contribution in [2.45, 2.75) is 0 Å². The Morgan fingerprint density at radius 3 is 1.97 bits per heavy atom. The highest BCUT2D eigenvalue weighted by Gasteiger charge is 2.23. The van der Waals surface area contributed by atoms with E-state index < -0.39 is 0 Å². The number of carbonyl (C=O) groups is 1. The Morgan fingerprint density at radius 2 is 1.31 bits per heavy atom. The van der Waals surface area contributed by atoms with Crippen LogP contribution in [0.15, 0.2) is 91.3 Å². The largest absolute Gasteiger partial charge is 0.457 e. The Kier molecular flexibility index (Phi) is 5.53. The Balaban J connectivity index is 1.17. The van der Waals surface area contributed by atoms with Crippen LogP contribution >= 0.6 is 0 Å². The number of hydrogen-bond acceptors (Lipinski definition) is 5. The van der Waals surface area contributed by atoms with E-state index in [-0.39, 0.29) is 5.91 Å². The highest BCUT2D eigenvalue weighted by Crippen LogP contribution is 2.22. The molecule has 5 rings (SSSR count). The molecule has 2 aromatic heterocycles. The maximum atomic E-state index is 12.9. The Labute approximate surface area is 186 Å². The number of aromatic nitrogens is 3. The summed E-state index contributed by atoms with van der Waals surface area (Å²) in [5.41, 5.74) is 0.662. The summed E-state index contributed by atoms with van der Waals surface area (Å²) < 4.78 is 7.73. The molecule has 7 nitrogen and oxygen atoms in total. The number of carbonyl (C=O) groups excluding carboxylic acids is 1. The van der Waals surface area contributed by atoms with Gasteiger partial charge in [-0.05, 0) is 60.7 Å². The first-order valence-corrected chi connectivity index (χ1v) is 10.6. The van der Waals surface area contributed by atoms with E-state index in [2.05, 4.69) is 15.1 Å². The highest BCUT2D eigenvalue weighted by molar-refractivity contribution is 5.94. The smallest absolute Gasteiger partial charge is 0.253 e. The zero-order valence-corrected chi connectivity index (χ0v) is 17.5. The van der Waals surface area contributed by atoms with Crippen molar-refractivity contribution < 1.29 is 9.53 Å². The second kappa shape index (κ2) is 8.93. The van der Waals surface area contributed by atoms with E-state index >= 15 is 0 Å². The van der Waals surface area contributed by atoms with Crippen molar-refractivity contribution in [3.8, 4) is 17.3 Å². The Morgan fingerprint density at radius 1 is 0.688 bits per heavy atom. The predicted octanol–water partition coefficient (Wildman–Crippen LogP) is 4.02. The number of amides is 1. The van der Waals surface area contributed by atoms with Crippen LogP contribution in [-0.2, 0) is 0 Å². The first-order chi connectivity index (χ1) is 15.8. The van der Waals surface area contributed by atoms with Crippen molar-refractivity contribution in [1.82, 2.24) is 19.7 Å². The lowest BCUT2D eigenvalue weighted by Gasteiger charge is -2.35. The zero-order valence-electron chi connectivity index (χ0n) is 17.5. The van der Waals surface area contributed by atoms with Gasteiger partial charge in [0.2, 0.25) is 0 Å². The molecule has 1 amide bonds. The van der Waals surface area contributed by atoms with Gasteiger partial charge >= 0.3 is 0 Å². The minimum Gasteiger partial charge on any atom is -0.457 e. The molecule has 0 saturated carbocycles. The molecule has 0 radical (unpaired) electrons.